The quantitative estimate of drug-likeness (QED) is 0.104. The maximum Gasteiger partial charge on any atom is 0.424 e. The third-order valence-corrected chi connectivity index (χ3v) is 9.89. The number of carbonyl (C=O) groups is 3. The van der Waals surface area contributed by atoms with Crippen LogP contribution in [0.25, 0.3) is 16.8 Å². The molecule has 1 amide bonds. The number of nitrogens with zero attached hydrogens (tertiary/aromatic N) is 4. The Hall–Kier alpha value is -5.38. The monoisotopic (exact) mass is 795 g/mol. The number of nitrogens with two attached hydrogens (primary N) is 1. The first-order chi connectivity index (χ1) is 25.3. The number of rotatable bonds is 12. The van der Waals surface area contributed by atoms with E-state index in [-0.39, 0.29) is 52.7 Å². The molecule has 0 aliphatic rings. The first-order valence-corrected chi connectivity index (χ1v) is 18.8. The summed E-state index contributed by atoms with van der Waals surface area (Å²) in [5.41, 5.74) is 8.93. The third-order valence-electron chi connectivity index (χ3n) is 8.78. The summed E-state index contributed by atoms with van der Waals surface area (Å²) in [7, 11) is -2.33. The van der Waals surface area contributed by atoms with E-state index in [2.05, 4.69) is 10.1 Å². The van der Waals surface area contributed by atoms with Gasteiger partial charge in [0.05, 0.1) is 17.7 Å². The van der Waals surface area contributed by atoms with Crippen molar-refractivity contribution in [1.29, 1.82) is 0 Å². The van der Waals surface area contributed by atoms with Crippen LogP contribution in [0.2, 0.25) is 0 Å². The van der Waals surface area contributed by atoms with Gasteiger partial charge in [0.15, 0.2) is 15.5 Å². The number of pyridine rings is 1. The lowest BCUT2D eigenvalue weighted by Crippen LogP contribution is -2.45. The number of carbonyl (C=O) groups excluding carboxylic acids is 3. The molecule has 3 atom stereocenters. The molecule has 5 rings (SSSR count). The average molecular weight is 796 g/mol. The molecule has 0 saturated carbocycles. The molecule has 2 aromatic heterocycles. The van der Waals surface area contributed by atoms with Crippen molar-refractivity contribution in [2.75, 3.05) is 18.3 Å². The molecule has 5 aromatic rings. The maximum atomic E-state index is 13.8. The van der Waals surface area contributed by atoms with Gasteiger partial charge in [-0.2, -0.15) is 4.98 Å². The van der Waals surface area contributed by atoms with E-state index < -0.39 is 45.6 Å². The van der Waals surface area contributed by atoms with Gasteiger partial charge in [-0.3, -0.25) is 9.59 Å². The van der Waals surface area contributed by atoms with Crippen LogP contribution in [0.5, 0.6) is 5.75 Å². The van der Waals surface area contributed by atoms with Crippen LogP contribution in [0.1, 0.15) is 51.7 Å². The highest BCUT2D eigenvalue weighted by atomic mass is 35.5. The summed E-state index contributed by atoms with van der Waals surface area (Å²) in [4.78, 5) is 44.9. The zero-order chi connectivity index (χ0) is 39.5. The van der Waals surface area contributed by atoms with Gasteiger partial charge in [-0.1, -0.05) is 64.1 Å². The topological polar surface area (TPSA) is 172 Å². The highest BCUT2D eigenvalue weighted by Gasteiger charge is 2.33. The molecular formula is C39H43ClFN5O8S. The molecule has 2 heterocycles. The second-order valence-corrected chi connectivity index (χ2v) is 15.9. The Kier molecular flexibility index (Phi) is 13.1. The van der Waals surface area contributed by atoms with Crippen LogP contribution in [0.3, 0.4) is 0 Å². The first-order valence-electron chi connectivity index (χ1n) is 16.9. The number of Topliss-reactive ketones (excluding diaryl/α,β-unsaturated/α-hetero) is 1. The second-order valence-electron chi connectivity index (χ2n) is 13.9. The zero-order valence-corrected chi connectivity index (χ0v) is 33.0. The van der Waals surface area contributed by atoms with Crippen LogP contribution in [0.15, 0.2) is 90.0 Å². The molecule has 2 N–H and O–H groups in total. The predicted octanol–water partition coefficient (Wildman–Crippen LogP) is 6.82. The van der Waals surface area contributed by atoms with Crippen molar-refractivity contribution in [3.05, 3.63) is 102 Å². The van der Waals surface area contributed by atoms with E-state index in [1.807, 2.05) is 30.3 Å². The highest BCUT2D eigenvalue weighted by Crippen LogP contribution is 2.36. The molecule has 292 valence electrons. The van der Waals surface area contributed by atoms with Gasteiger partial charge in [0, 0.05) is 43.3 Å². The van der Waals surface area contributed by atoms with E-state index >= 15 is 0 Å². The Morgan fingerprint density at radius 3 is 2.16 bits per heavy atom. The van der Waals surface area contributed by atoms with E-state index in [9.17, 15) is 27.2 Å². The summed E-state index contributed by atoms with van der Waals surface area (Å²) in [6.07, 6.45) is 0.507. The fourth-order valence-electron chi connectivity index (χ4n) is 5.41. The minimum absolute atomic E-state index is 0. The molecule has 0 fully saturated rings. The maximum absolute atomic E-state index is 13.8. The molecule has 0 radical (unpaired) electrons. The van der Waals surface area contributed by atoms with Crippen molar-refractivity contribution in [2.45, 2.75) is 64.2 Å². The Labute approximate surface area is 324 Å². The molecule has 55 heavy (non-hydrogen) atoms. The van der Waals surface area contributed by atoms with Gasteiger partial charge < -0.3 is 19.9 Å². The summed E-state index contributed by atoms with van der Waals surface area (Å²) in [6, 6.07) is 19.8. The Bertz CT molecular complexity index is 2290. The smallest absolute Gasteiger partial charge is 0.424 e. The molecular weight excluding hydrogens is 753 g/mol. The van der Waals surface area contributed by atoms with Crippen molar-refractivity contribution in [3.63, 3.8) is 0 Å². The lowest BCUT2D eigenvalue weighted by Gasteiger charge is -2.27. The predicted molar refractivity (Wildman–Crippen MR) is 207 cm³/mol. The van der Waals surface area contributed by atoms with Crippen molar-refractivity contribution in [2.24, 2.45) is 11.1 Å². The van der Waals surface area contributed by atoms with E-state index in [1.165, 1.54) is 48.9 Å². The number of halogens is 2. The highest BCUT2D eigenvalue weighted by molar-refractivity contribution is 7.90. The summed E-state index contributed by atoms with van der Waals surface area (Å²) in [5, 5.41) is 4.54. The molecule has 16 heteroatoms. The number of methoxy groups -OCH3 is 1. The average Bonchev–Trinajstić information content (AvgIpc) is 3.53. The number of ether oxygens (including phenoxy) is 3. The molecule has 0 aliphatic heterocycles. The van der Waals surface area contributed by atoms with Gasteiger partial charge in [-0.05, 0) is 58.5 Å². The van der Waals surface area contributed by atoms with E-state index in [0.29, 0.717) is 5.65 Å². The van der Waals surface area contributed by atoms with Gasteiger partial charge in [0.2, 0.25) is 6.29 Å². The van der Waals surface area contributed by atoms with Gasteiger partial charge in [0.1, 0.15) is 23.4 Å². The minimum atomic E-state index is -3.64. The number of ketones is 1. The number of fused-ring (bicyclic) bond motifs is 1. The zero-order valence-electron chi connectivity index (χ0n) is 31.3. The van der Waals surface area contributed by atoms with Gasteiger partial charge >= 0.3 is 12.1 Å². The SMILES string of the molecule is COc1cc(S(C)(=O)=O)ccc1N(C(=O)OC(C)OC(=O)[C@@H](N)C(C)(C)C)c1nc2ccc(-c3ccc(CC(=O)[C@H](C)c4ccc(F)cc4)cc3)cn2n1.Cl. The van der Waals surface area contributed by atoms with Crippen LogP contribution in [-0.2, 0) is 35.3 Å². The second kappa shape index (κ2) is 17.0. The van der Waals surface area contributed by atoms with Gasteiger partial charge in [-0.25, -0.2) is 27.0 Å². The fourth-order valence-corrected chi connectivity index (χ4v) is 6.05. The Morgan fingerprint density at radius 2 is 1.56 bits per heavy atom. The number of hydrogen-bond donors (Lipinski definition) is 1. The minimum Gasteiger partial charge on any atom is -0.495 e. The summed E-state index contributed by atoms with van der Waals surface area (Å²) in [5.74, 6) is -1.69. The number of sulfone groups is 1. The van der Waals surface area contributed by atoms with Crippen molar-refractivity contribution in [3.8, 4) is 16.9 Å². The number of esters is 1. The molecule has 3 aromatic carbocycles. The normalized spacial score (nSPS) is 13.3. The third kappa shape index (κ3) is 10.0. The van der Waals surface area contributed by atoms with Crippen LogP contribution in [-0.4, -0.2) is 66.6 Å². The Morgan fingerprint density at radius 1 is 0.927 bits per heavy atom. The van der Waals surface area contributed by atoms with E-state index in [0.717, 1.165) is 33.4 Å². The molecule has 0 aliphatic carbocycles. The van der Waals surface area contributed by atoms with Crippen LogP contribution in [0.4, 0.5) is 20.8 Å². The lowest BCUT2D eigenvalue weighted by atomic mass is 9.87. The lowest BCUT2D eigenvalue weighted by molar-refractivity contribution is -0.168. The van der Waals surface area contributed by atoms with Crippen LogP contribution >= 0.6 is 12.4 Å². The van der Waals surface area contributed by atoms with Gasteiger partial charge in [0.25, 0.3) is 5.95 Å². The van der Waals surface area contributed by atoms with E-state index in [1.54, 1.807) is 52.1 Å². The number of amides is 1. The number of anilines is 2. The Balaban J connectivity index is 0.00000673. The van der Waals surface area contributed by atoms with Crippen LogP contribution in [0, 0.1) is 11.2 Å². The van der Waals surface area contributed by atoms with Gasteiger partial charge in [-0.15, -0.1) is 17.5 Å². The fraction of sp³-hybridized carbons (Fsp3) is 0.308. The molecule has 13 nitrogen and oxygen atoms in total. The number of aromatic nitrogens is 3. The van der Waals surface area contributed by atoms with Crippen molar-refractivity contribution >= 4 is 57.4 Å². The molecule has 0 saturated heterocycles. The molecule has 0 bridgehead atoms. The van der Waals surface area contributed by atoms with Crippen molar-refractivity contribution < 1.29 is 41.4 Å². The summed E-state index contributed by atoms with van der Waals surface area (Å²) >= 11 is 0. The van der Waals surface area contributed by atoms with Crippen LogP contribution < -0.4 is 15.4 Å². The van der Waals surface area contributed by atoms with E-state index in [4.69, 9.17) is 19.9 Å². The molecule has 0 spiro atoms. The number of hydrogen-bond acceptors (Lipinski definition) is 11. The first kappa shape index (κ1) is 42.4. The standard InChI is InChI=1S/C39H42FN5O8S.ClH/c1-23(26-12-15-29(40)16-13-26)32(46)20-25-8-10-27(11-9-25)28-14-19-34-42-37(43-44(34)22-28)45(31-18-17-30(54(7,49)50)21-33(31)51-6)38(48)53-24(2)52-36(47)35(41)39(3,4)5;/h8-19,21-24,35H,20,41H2,1-7H3;1H/t23-,24?,35-;/m1./s1. The summed E-state index contributed by atoms with van der Waals surface area (Å²) in [6.45, 7) is 8.45. The van der Waals surface area contributed by atoms with Crippen molar-refractivity contribution in [1.82, 2.24) is 14.6 Å². The number of benzene rings is 3. The molecule has 1 unspecified atom stereocenters. The summed E-state index contributed by atoms with van der Waals surface area (Å²) < 4.78 is 55.7. The largest absolute Gasteiger partial charge is 0.495 e.